The largest absolute Gasteiger partial charge is 0.433 e. The summed E-state index contributed by atoms with van der Waals surface area (Å²) in [5.74, 6) is -1.09. The van der Waals surface area contributed by atoms with Gasteiger partial charge in [-0.2, -0.15) is 8.78 Å². The zero-order valence-electron chi connectivity index (χ0n) is 13.7. The minimum atomic E-state index is -3.15. The fourth-order valence-corrected chi connectivity index (χ4v) is 2.46. The molecule has 8 nitrogen and oxygen atoms in total. The summed E-state index contributed by atoms with van der Waals surface area (Å²) in [4.78, 5) is 27.7. The Morgan fingerprint density at radius 1 is 1.30 bits per heavy atom. The third kappa shape index (κ3) is 4.35. The van der Waals surface area contributed by atoms with E-state index in [1.165, 1.54) is 0 Å². The SMILES string of the molecule is O=C(Nc1cc([N+](=O)[O-])ccc1OC(F)F)[C@H]1CC(c2ccccc2)=NO1. The van der Waals surface area contributed by atoms with Crippen LogP contribution >= 0.6 is 0 Å². The Morgan fingerprint density at radius 3 is 2.70 bits per heavy atom. The summed E-state index contributed by atoms with van der Waals surface area (Å²) in [7, 11) is 0. The molecule has 0 saturated heterocycles. The highest BCUT2D eigenvalue weighted by Crippen LogP contribution is 2.31. The smallest absolute Gasteiger partial charge is 0.387 e. The quantitative estimate of drug-likeness (QED) is 0.614. The molecule has 1 aliphatic rings. The molecule has 0 radical (unpaired) electrons. The minimum absolute atomic E-state index is 0.163. The summed E-state index contributed by atoms with van der Waals surface area (Å²) in [5.41, 5.74) is 0.690. The molecule has 140 valence electrons. The van der Waals surface area contributed by atoms with Gasteiger partial charge in [0.2, 0.25) is 6.10 Å². The lowest BCUT2D eigenvalue weighted by Gasteiger charge is -2.13. The first-order valence-electron chi connectivity index (χ1n) is 7.76. The number of nitro benzene ring substituents is 1. The van der Waals surface area contributed by atoms with Crippen LogP contribution in [0, 0.1) is 10.1 Å². The predicted octanol–water partition coefficient (Wildman–Crippen LogP) is 3.33. The lowest BCUT2D eigenvalue weighted by atomic mass is 10.0. The summed E-state index contributed by atoms with van der Waals surface area (Å²) in [6, 6.07) is 12.0. The van der Waals surface area contributed by atoms with Crippen molar-refractivity contribution in [3.8, 4) is 5.75 Å². The number of carbonyl (C=O) groups excluding carboxylic acids is 1. The second-order valence-electron chi connectivity index (χ2n) is 5.51. The fourth-order valence-electron chi connectivity index (χ4n) is 2.46. The second kappa shape index (κ2) is 7.77. The number of ether oxygens (including phenoxy) is 1. The molecule has 1 amide bonds. The number of carbonyl (C=O) groups is 1. The van der Waals surface area contributed by atoms with Gasteiger partial charge in [-0.25, -0.2) is 0 Å². The van der Waals surface area contributed by atoms with E-state index < -0.39 is 29.3 Å². The summed E-state index contributed by atoms with van der Waals surface area (Å²) < 4.78 is 29.3. The first-order valence-corrected chi connectivity index (χ1v) is 7.76. The standard InChI is InChI=1S/C17H13F2N3O5/c18-17(19)26-14-7-6-11(22(24)25)8-13(14)20-16(23)15-9-12(21-27-15)10-4-2-1-3-5-10/h1-8,15,17H,9H2,(H,20,23)/t15-/m1/s1. The Hall–Kier alpha value is -3.56. The van der Waals surface area contributed by atoms with E-state index in [0.717, 1.165) is 23.8 Å². The van der Waals surface area contributed by atoms with Crippen LogP contribution < -0.4 is 10.1 Å². The van der Waals surface area contributed by atoms with Gasteiger partial charge in [-0.3, -0.25) is 14.9 Å². The third-order valence-electron chi connectivity index (χ3n) is 3.72. The third-order valence-corrected chi connectivity index (χ3v) is 3.72. The summed E-state index contributed by atoms with van der Waals surface area (Å²) in [5, 5.41) is 17.1. The number of benzene rings is 2. The molecule has 0 spiro atoms. The molecule has 1 heterocycles. The van der Waals surface area contributed by atoms with E-state index in [0.29, 0.717) is 5.71 Å². The maximum absolute atomic E-state index is 12.5. The number of nitrogens with zero attached hydrogens (tertiary/aromatic N) is 2. The van der Waals surface area contributed by atoms with Crippen LogP contribution in [0.15, 0.2) is 53.7 Å². The number of non-ortho nitro benzene ring substituents is 1. The molecule has 10 heteroatoms. The molecule has 0 bridgehead atoms. The molecule has 2 aromatic carbocycles. The van der Waals surface area contributed by atoms with Crippen LogP contribution in [0.4, 0.5) is 20.2 Å². The van der Waals surface area contributed by atoms with Gasteiger partial charge >= 0.3 is 6.61 Å². The fraction of sp³-hybridized carbons (Fsp3) is 0.176. The first kappa shape index (κ1) is 18.2. The Morgan fingerprint density at radius 2 is 2.04 bits per heavy atom. The zero-order valence-corrected chi connectivity index (χ0v) is 13.7. The highest BCUT2D eigenvalue weighted by molar-refractivity contribution is 6.06. The van der Waals surface area contributed by atoms with Crippen molar-refractivity contribution in [2.24, 2.45) is 5.16 Å². The van der Waals surface area contributed by atoms with Crippen molar-refractivity contribution in [1.29, 1.82) is 0 Å². The maximum Gasteiger partial charge on any atom is 0.387 e. The molecule has 1 aliphatic heterocycles. The molecule has 27 heavy (non-hydrogen) atoms. The van der Waals surface area contributed by atoms with Crippen molar-refractivity contribution in [1.82, 2.24) is 0 Å². The van der Waals surface area contributed by atoms with E-state index in [4.69, 9.17) is 4.84 Å². The normalized spacial score (nSPS) is 15.8. The molecule has 2 aromatic rings. The van der Waals surface area contributed by atoms with E-state index in [-0.39, 0.29) is 17.8 Å². The molecule has 1 atom stereocenters. The number of nitrogens with one attached hydrogen (secondary N) is 1. The minimum Gasteiger partial charge on any atom is -0.433 e. The second-order valence-corrected chi connectivity index (χ2v) is 5.51. The highest BCUT2D eigenvalue weighted by Gasteiger charge is 2.30. The number of oxime groups is 1. The molecule has 0 saturated carbocycles. The van der Waals surface area contributed by atoms with Gasteiger partial charge in [0.25, 0.3) is 11.6 Å². The van der Waals surface area contributed by atoms with Gasteiger partial charge in [-0.1, -0.05) is 35.5 Å². The van der Waals surface area contributed by atoms with Gasteiger partial charge in [-0.05, 0) is 11.6 Å². The van der Waals surface area contributed by atoms with Gasteiger partial charge < -0.3 is 14.9 Å². The molecule has 0 aromatic heterocycles. The number of halogens is 2. The molecule has 0 unspecified atom stereocenters. The number of alkyl halides is 2. The number of hydrogen-bond acceptors (Lipinski definition) is 6. The summed E-state index contributed by atoms with van der Waals surface area (Å²) in [6.45, 7) is -3.15. The van der Waals surface area contributed by atoms with Crippen LogP contribution in [0.2, 0.25) is 0 Å². The first-order chi connectivity index (χ1) is 12.9. The number of amides is 1. The topological polar surface area (TPSA) is 103 Å². The van der Waals surface area contributed by atoms with Crippen molar-refractivity contribution in [2.75, 3.05) is 5.32 Å². The maximum atomic E-state index is 12.5. The number of rotatable bonds is 6. The van der Waals surface area contributed by atoms with Crippen LogP contribution in [0.1, 0.15) is 12.0 Å². The molecule has 0 fully saturated rings. The van der Waals surface area contributed by atoms with Crippen molar-refractivity contribution in [2.45, 2.75) is 19.1 Å². The highest BCUT2D eigenvalue weighted by atomic mass is 19.3. The van der Waals surface area contributed by atoms with Gasteiger partial charge in [0.15, 0.2) is 0 Å². The van der Waals surface area contributed by atoms with Crippen molar-refractivity contribution >= 4 is 23.0 Å². The zero-order chi connectivity index (χ0) is 19.4. The van der Waals surface area contributed by atoms with Crippen LogP contribution in [-0.4, -0.2) is 29.3 Å². The Bertz CT molecular complexity index is 889. The van der Waals surface area contributed by atoms with E-state index in [2.05, 4.69) is 15.2 Å². The van der Waals surface area contributed by atoms with Gasteiger partial charge in [-0.15, -0.1) is 0 Å². The molecule has 0 aliphatic carbocycles. The Labute approximate surface area is 151 Å². The van der Waals surface area contributed by atoms with Crippen molar-refractivity contribution < 1.29 is 28.1 Å². The average molecular weight is 377 g/mol. The van der Waals surface area contributed by atoms with Gasteiger partial charge in [0.1, 0.15) is 5.75 Å². The molecule has 1 N–H and O–H groups in total. The van der Waals surface area contributed by atoms with E-state index in [1.807, 2.05) is 18.2 Å². The lowest BCUT2D eigenvalue weighted by molar-refractivity contribution is -0.384. The van der Waals surface area contributed by atoms with Crippen LogP contribution in [0.5, 0.6) is 5.75 Å². The van der Waals surface area contributed by atoms with Crippen LogP contribution in [0.25, 0.3) is 0 Å². The predicted molar refractivity (Wildman–Crippen MR) is 90.8 cm³/mol. The molecular weight excluding hydrogens is 364 g/mol. The summed E-state index contributed by atoms with van der Waals surface area (Å²) >= 11 is 0. The van der Waals surface area contributed by atoms with Crippen LogP contribution in [0.3, 0.4) is 0 Å². The molecule has 3 rings (SSSR count). The average Bonchev–Trinajstić information content (AvgIpc) is 3.13. The monoisotopic (exact) mass is 377 g/mol. The summed E-state index contributed by atoms with van der Waals surface area (Å²) in [6.07, 6.45) is -0.839. The molecular formula is C17H13F2N3O5. The van der Waals surface area contributed by atoms with E-state index in [9.17, 15) is 23.7 Å². The van der Waals surface area contributed by atoms with Crippen molar-refractivity contribution in [3.05, 3.63) is 64.2 Å². The lowest BCUT2D eigenvalue weighted by Crippen LogP contribution is -2.28. The van der Waals surface area contributed by atoms with Gasteiger partial charge in [0, 0.05) is 18.6 Å². The number of hydrogen-bond donors (Lipinski definition) is 1. The van der Waals surface area contributed by atoms with Crippen molar-refractivity contribution in [3.63, 3.8) is 0 Å². The Kier molecular flexibility index (Phi) is 5.25. The number of nitro groups is 1. The Balaban J connectivity index is 1.74. The van der Waals surface area contributed by atoms with E-state index in [1.54, 1.807) is 12.1 Å². The van der Waals surface area contributed by atoms with E-state index >= 15 is 0 Å². The van der Waals surface area contributed by atoms with Crippen LogP contribution in [-0.2, 0) is 9.63 Å². The van der Waals surface area contributed by atoms with Gasteiger partial charge in [0.05, 0.1) is 16.3 Å². The number of anilines is 1.